The van der Waals surface area contributed by atoms with Gasteiger partial charge in [0.2, 0.25) is 5.28 Å². The SMILES string of the molecule is CCc1ccccc1Nc1nc(Cl)ncc1Cl. The molecular formula is C12H11Cl2N3. The van der Waals surface area contributed by atoms with Gasteiger partial charge in [-0.25, -0.2) is 4.98 Å². The van der Waals surface area contributed by atoms with E-state index in [4.69, 9.17) is 23.2 Å². The molecule has 0 amide bonds. The van der Waals surface area contributed by atoms with E-state index in [0.717, 1.165) is 12.1 Å². The van der Waals surface area contributed by atoms with Crippen molar-refractivity contribution in [3.05, 3.63) is 46.3 Å². The number of aryl methyl sites for hydroxylation is 1. The van der Waals surface area contributed by atoms with Gasteiger partial charge in [-0.2, -0.15) is 4.98 Å². The number of aromatic nitrogens is 2. The first-order valence-corrected chi connectivity index (χ1v) is 5.99. The van der Waals surface area contributed by atoms with Crippen LogP contribution in [0.25, 0.3) is 0 Å². The van der Waals surface area contributed by atoms with Gasteiger partial charge in [-0.15, -0.1) is 0 Å². The number of benzene rings is 1. The van der Waals surface area contributed by atoms with Crippen LogP contribution < -0.4 is 5.32 Å². The van der Waals surface area contributed by atoms with E-state index in [1.807, 2.05) is 18.2 Å². The Morgan fingerprint density at radius 2 is 2.00 bits per heavy atom. The second-order valence-electron chi connectivity index (χ2n) is 3.47. The van der Waals surface area contributed by atoms with Gasteiger partial charge in [-0.3, -0.25) is 0 Å². The highest BCUT2D eigenvalue weighted by atomic mass is 35.5. The summed E-state index contributed by atoms with van der Waals surface area (Å²) in [5.41, 5.74) is 2.17. The summed E-state index contributed by atoms with van der Waals surface area (Å²) in [6, 6.07) is 7.99. The van der Waals surface area contributed by atoms with Crippen molar-refractivity contribution in [3.63, 3.8) is 0 Å². The third-order valence-electron chi connectivity index (χ3n) is 2.37. The van der Waals surface area contributed by atoms with Crippen LogP contribution in [0.4, 0.5) is 11.5 Å². The van der Waals surface area contributed by atoms with Crippen LogP contribution in [0.2, 0.25) is 10.3 Å². The van der Waals surface area contributed by atoms with Gasteiger partial charge in [0.05, 0.1) is 6.20 Å². The van der Waals surface area contributed by atoms with Crippen LogP contribution >= 0.6 is 23.2 Å². The average Bonchev–Trinajstić information content (AvgIpc) is 2.34. The summed E-state index contributed by atoms with van der Waals surface area (Å²) in [6.07, 6.45) is 2.41. The quantitative estimate of drug-likeness (QED) is 0.852. The van der Waals surface area contributed by atoms with Gasteiger partial charge < -0.3 is 5.32 Å². The third-order valence-corrected chi connectivity index (χ3v) is 2.82. The summed E-state index contributed by atoms with van der Waals surface area (Å²) < 4.78 is 0. The molecule has 0 aliphatic carbocycles. The minimum atomic E-state index is 0.172. The summed E-state index contributed by atoms with van der Waals surface area (Å²) >= 11 is 11.7. The minimum Gasteiger partial charge on any atom is -0.339 e. The Hall–Kier alpha value is -1.32. The number of nitrogens with zero attached hydrogens (tertiary/aromatic N) is 2. The lowest BCUT2D eigenvalue weighted by molar-refractivity contribution is 1.13. The Morgan fingerprint density at radius 1 is 1.24 bits per heavy atom. The number of para-hydroxylation sites is 1. The number of nitrogens with one attached hydrogen (secondary N) is 1. The molecular weight excluding hydrogens is 257 g/mol. The maximum atomic E-state index is 6.00. The average molecular weight is 268 g/mol. The number of hydrogen-bond donors (Lipinski definition) is 1. The van der Waals surface area contributed by atoms with Crippen molar-refractivity contribution < 1.29 is 0 Å². The van der Waals surface area contributed by atoms with Crippen molar-refractivity contribution in [2.45, 2.75) is 13.3 Å². The summed E-state index contributed by atoms with van der Waals surface area (Å²) in [6.45, 7) is 2.09. The van der Waals surface area contributed by atoms with E-state index < -0.39 is 0 Å². The van der Waals surface area contributed by atoms with Crippen LogP contribution in [0.3, 0.4) is 0 Å². The number of rotatable bonds is 3. The van der Waals surface area contributed by atoms with Gasteiger partial charge in [0, 0.05) is 5.69 Å². The van der Waals surface area contributed by atoms with Crippen LogP contribution in [0.1, 0.15) is 12.5 Å². The second kappa shape index (κ2) is 5.34. The molecule has 1 aromatic carbocycles. The lowest BCUT2D eigenvalue weighted by Crippen LogP contribution is -1.99. The molecule has 17 heavy (non-hydrogen) atoms. The molecule has 2 rings (SSSR count). The molecule has 0 radical (unpaired) electrons. The Labute approximate surface area is 110 Å². The molecule has 1 heterocycles. The normalized spacial score (nSPS) is 10.3. The van der Waals surface area contributed by atoms with Crippen LogP contribution in [0.15, 0.2) is 30.5 Å². The van der Waals surface area contributed by atoms with Crippen LogP contribution in [-0.2, 0) is 6.42 Å². The van der Waals surface area contributed by atoms with Gasteiger partial charge in [-0.05, 0) is 29.7 Å². The van der Waals surface area contributed by atoms with E-state index in [-0.39, 0.29) is 5.28 Å². The number of halogens is 2. The predicted molar refractivity (Wildman–Crippen MR) is 71.2 cm³/mol. The molecule has 0 unspecified atom stereocenters. The van der Waals surface area contributed by atoms with E-state index in [2.05, 4.69) is 28.3 Å². The molecule has 0 saturated heterocycles. The summed E-state index contributed by atoms with van der Waals surface area (Å²) in [7, 11) is 0. The topological polar surface area (TPSA) is 37.8 Å². The molecule has 1 N–H and O–H groups in total. The fourth-order valence-electron chi connectivity index (χ4n) is 1.51. The molecule has 0 aliphatic rings. The maximum absolute atomic E-state index is 6.00. The summed E-state index contributed by atoms with van der Waals surface area (Å²) in [4.78, 5) is 7.86. The van der Waals surface area contributed by atoms with Gasteiger partial charge in [-0.1, -0.05) is 36.7 Å². The molecule has 5 heteroatoms. The maximum Gasteiger partial charge on any atom is 0.224 e. The molecule has 1 aromatic heterocycles. The van der Waals surface area contributed by atoms with Crippen molar-refractivity contribution in [3.8, 4) is 0 Å². The minimum absolute atomic E-state index is 0.172. The second-order valence-corrected chi connectivity index (χ2v) is 4.22. The molecule has 2 aromatic rings. The van der Waals surface area contributed by atoms with Crippen molar-refractivity contribution in [2.75, 3.05) is 5.32 Å². The Balaban J connectivity index is 2.34. The van der Waals surface area contributed by atoms with Crippen LogP contribution in [0, 0.1) is 0 Å². The van der Waals surface area contributed by atoms with E-state index in [1.54, 1.807) is 0 Å². The Bertz CT molecular complexity index is 529. The van der Waals surface area contributed by atoms with Crippen molar-refractivity contribution in [1.82, 2.24) is 9.97 Å². The third kappa shape index (κ3) is 2.87. The van der Waals surface area contributed by atoms with Gasteiger partial charge in [0.25, 0.3) is 0 Å². The predicted octanol–water partition coefficient (Wildman–Crippen LogP) is 4.09. The van der Waals surface area contributed by atoms with Gasteiger partial charge in [0.15, 0.2) is 5.82 Å². The highest BCUT2D eigenvalue weighted by Crippen LogP contribution is 2.25. The molecule has 0 saturated carbocycles. The monoisotopic (exact) mass is 267 g/mol. The fraction of sp³-hybridized carbons (Fsp3) is 0.167. The van der Waals surface area contributed by atoms with E-state index in [1.165, 1.54) is 11.8 Å². The molecule has 0 fully saturated rings. The van der Waals surface area contributed by atoms with Crippen LogP contribution in [0.5, 0.6) is 0 Å². The standard InChI is InChI=1S/C12H11Cl2N3/c1-2-8-5-3-4-6-10(8)16-11-9(13)7-15-12(14)17-11/h3-7H,2H2,1H3,(H,15,16,17). The number of hydrogen-bond acceptors (Lipinski definition) is 3. The zero-order chi connectivity index (χ0) is 12.3. The zero-order valence-electron chi connectivity index (χ0n) is 9.24. The Kier molecular flexibility index (Phi) is 3.82. The lowest BCUT2D eigenvalue weighted by Gasteiger charge is -2.10. The number of anilines is 2. The first kappa shape index (κ1) is 12.1. The summed E-state index contributed by atoms with van der Waals surface area (Å²) in [5.74, 6) is 0.521. The molecule has 0 spiro atoms. The van der Waals surface area contributed by atoms with Gasteiger partial charge in [0.1, 0.15) is 5.02 Å². The van der Waals surface area contributed by atoms with E-state index in [0.29, 0.717) is 10.8 Å². The fourth-order valence-corrected chi connectivity index (χ4v) is 1.78. The first-order chi connectivity index (χ1) is 8.20. The smallest absolute Gasteiger partial charge is 0.224 e. The zero-order valence-corrected chi connectivity index (χ0v) is 10.8. The molecule has 0 atom stereocenters. The summed E-state index contributed by atoms with van der Waals surface area (Å²) in [5, 5.41) is 3.78. The van der Waals surface area contributed by atoms with E-state index in [9.17, 15) is 0 Å². The van der Waals surface area contributed by atoms with Gasteiger partial charge >= 0.3 is 0 Å². The van der Waals surface area contributed by atoms with E-state index >= 15 is 0 Å². The molecule has 0 aliphatic heterocycles. The lowest BCUT2D eigenvalue weighted by atomic mass is 10.1. The first-order valence-electron chi connectivity index (χ1n) is 5.23. The molecule has 88 valence electrons. The van der Waals surface area contributed by atoms with Crippen molar-refractivity contribution >= 4 is 34.7 Å². The highest BCUT2D eigenvalue weighted by Gasteiger charge is 2.06. The molecule has 0 bridgehead atoms. The molecule has 3 nitrogen and oxygen atoms in total. The highest BCUT2D eigenvalue weighted by molar-refractivity contribution is 6.33. The van der Waals surface area contributed by atoms with Crippen LogP contribution in [-0.4, -0.2) is 9.97 Å². The van der Waals surface area contributed by atoms with Crippen molar-refractivity contribution in [1.29, 1.82) is 0 Å². The Morgan fingerprint density at radius 3 is 2.76 bits per heavy atom. The van der Waals surface area contributed by atoms with Crippen molar-refractivity contribution in [2.24, 2.45) is 0 Å². The largest absolute Gasteiger partial charge is 0.339 e.